The van der Waals surface area contributed by atoms with Gasteiger partial charge < -0.3 is 11.1 Å². The van der Waals surface area contributed by atoms with E-state index in [0.717, 1.165) is 12.8 Å². The first-order valence-electron chi connectivity index (χ1n) is 5.12. The van der Waals surface area contributed by atoms with Gasteiger partial charge in [-0.3, -0.25) is 15.2 Å². The predicted molar refractivity (Wildman–Crippen MR) is 60.9 cm³/mol. The number of amides is 1. The van der Waals surface area contributed by atoms with Crippen LogP contribution < -0.4 is 22.3 Å². The summed E-state index contributed by atoms with van der Waals surface area (Å²) < 4.78 is 0. The van der Waals surface area contributed by atoms with Crippen LogP contribution in [0.15, 0.2) is 4.99 Å². The van der Waals surface area contributed by atoms with E-state index in [4.69, 9.17) is 11.6 Å². The normalized spacial score (nSPS) is 11.6. The van der Waals surface area contributed by atoms with E-state index in [9.17, 15) is 4.79 Å². The number of rotatable bonds is 6. The highest BCUT2D eigenvalue weighted by atomic mass is 16.1. The van der Waals surface area contributed by atoms with Crippen molar-refractivity contribution in [1.29, 1.82) is 0 Å². The number of nitrogens with zero attached hydrogens (tertiary/aromatic N) is 1. The summed E-state index contributed by atoms with van der Waals surface area (Å²) in [6.07, 6.45) is 2.00. The Hall–Kier alpha value is -1.30. The Balaban J connectivity index is 3.66. The fourth-order valence-corrected chi connectivity index (χ4v) is 1.01. The van der Waals surface area contributed by atoms with Gasteiger partial charge in [0.1, 0.15) is 0 Å². The summed E-state index contributed by atoms with van der Waals surface area (Å²) in [5, 5.41) is 3.05. The number of primary amides is 1. The van der Waals surface area contributed by atoms with E-state index in [0.29, 0.717) is 18.9 Å². The number of nitrogens with two attached hydrogens (primary N) is 2. The molecule has 15 heavy (non-hydrogen) atoms. The summed E-state index contributed by atoms with van der Waals surface area (Å²) in [4.78, 5) is 14.6. The molecule has 0 aromatic carbocycles. The standard InChI is InChI=1S/C9H21N5O/c1-7(2)13-9(14-11)12-6-4-3-5-8(10)15/h7H,3-6,11H2,1-2H3,(H2,10,15)(H2,12,13,14). The second-order valence-corrected chi connectivity index (χ2v) is 3.60. The highest BCUT2D eigenvalue weighted by Crippen LogP contribution is 1.94. The van der Waals surface area contributed by atoms with Gasteiger partial charge in [-0.05, 0) is 26.7 Å². The van der Waals surface area contributed by atoms with E-state index in [1.165, 1.54) is 0 Å². The molecule has 1 amide bonds. The number of hydrogen-bond donors (Lipinski definition) is 4. The lowest BCUT2D eigenvalue weighted by Crippen LogP contribution is -2.44. The molecule has 0 fully saturated rings. The number of carbonyl (C=O) groups excluding carboxylic acids is 1. The molecule has 0 radical (unpaired) electrons. The van der Waals surface area contributed by atoms with Crippen LogP contribution in [-0.4, -0.2) is 24.5 Å². The van der Waals surface area contributed by atoms with Crippen LogP contribution in [-0.2, 0) is 4.79 Å². The van der Waals surface area contributed by atoms with Gasteiger partial charge in [0.05, 0.1) is 0 Å². The van der Waals surface area contributed by atoms with Crippen LogP contribution in [0.2, 0.25) is 0 Å². The SMILES string of the molecule is CC(C)NC(=NCCCCC(N)=O)NN. The molecule has 0 aliphatic carbocycles. The molecular weight excluding hydrogens is 194 g/mol. The highest BCUT2D eigenvalue weighted by molar-refractivity contribution is 5.79. The van der Waals surface area contributed by atoms with Gasteiger partial charge in [-0.2, -0.15) is 0 Å². The molecule has 6 N–H and O–H groups in total. The maximum absolute atomic E-state index is 10.4. The molecule has 0 saturated carbocycles. The first kappa shape index (κ1) is 13.7. The molecule has 0 saturated heterocycles. The summed E-state index contributed by atoms with van der Waals surface area (Å²) in [7, 11) is 0. The molecule has 0 spiro atoms. The summed E-state index contributed by atoms with van der Waals surface area (Å²) in [6, 6.07) is 0.283. The average Bonchev–Trinajstić information content (AvgIpc) is 2.14. The zero-order chi connectivity index (χ0) is 11.7. The Morgan fingerprint density at radius 2 is 2.07 bits per heavy atom. The second kappa shape index (κ2) is 8.05. The van der Waals surface area contributed by atoms with Crippen molar-refractivity contribution in [3.8, 4) is 0 Å². The maximum Gasteiger partial charge on any atom is 0.217 e. The minimum Gasteiger partial charge on any atom is -0.370 e. The minimum absolute atomic E-state index is 0.267. The third-order valence-electron chi connectivity index (χ3n) is 1.66. The zero-order valence-corrected chi connectivity index (χ0v) is 9.42. The van der Waals surface area contributed by atoms with Gasteiger partial charge in [0, 0.05) is 19.0 Å². The molecular formula is C9H21N5O. The summed E-state index contributed by atoms with van der Waals surface area (Å²) in [6.45, 7) is 4.63. The number of hydrazine groups is 1. The van der Waals surface area contributed by atoms with Crippen molar-refractivity contribution in [3.05, 3.63) is 0 Å². The van der Waals surface area contributed by atoms with Gasteiger partial charge in [-0.25, -0.2) is 5.84 Å². The molecule has 0 bridgehead atoms. The van der Waals surface area contributed by atoms with Crippen LogP contribution in [0, 0.1) is 0 Å². The molecule has 6 nitrogen and oxygen atoms in total. The Kier molecular flexibility index (Phi) is 7.35. The monoisotopic (exact) mass is 215 g/mol. The van der Waals surface area contributed by atoms with E-state index in [1.54, 1.807) is 0 Å². The van der Waals surface area contributed by atoms with Crippen molar-refractivity contribution in [2.45, 2.75) is 39.2 Å². The fraction of sp³-hybridized carbons (Fsp3) is 0.778. The Morgan fingerprint density at radius 3 is 2.53 bits per heavy atom. The largest absolute Gasteiger partial charge is 0.370 e. The van der Waals surface area contributed by atoms with Crippen molar-refractivity contribution in [2.75, 3.05) is 6.54 Å². The first-order valence-corrected chi connectivity index (χ1v) is 5.12. The van der Waals surface area contributed by atoms with E-state index in [1.807, 2.05) is 13.8 Å². The first-order chi connectivity index (χ1) is 7.06. The van der Waals surface area contributed by atoms with Crippen LogP contribution in [0.25, 0.3) is 0 Å². The fourth-order valence-electron chi connectivity index (χ4n) is 1.01. The van der Waals surface area contributed by atoms with Crippen LogP contribution in [0.1, 0.15) is 33.1 Å². The van der Waals surface area contributed by atoms with Crippen LogP contribution in [0.4, 0.5) is 0 Å². The van der Waals surface area contributed by atoms with Gasteiger partial charge >= 0.3 is 0 Å². The van der Waals surface area contributed by atoms with E-state index < -0.39 is 0 Å². The lowest BCUT2D eigenvalue weighted by atomic mass is 10.2. The van der Waals surface area contributed by atoms with Crippen LogP contribution >= 0.6 is 0 Å². The van der Waals surface area contributed by atoms with Crippen LogP contribution in [0.3, 0.4) is 0 Å². The Labute approximate surface area is 90.5 Å². The average molecular weight is 215 g/mol. The molecule has 0 rings (SSSR count). The Morgan fingerprint density at radius 1 is 1.40 bits per heavy atom. The van der Waals surface area contributed by atoms with Crippen molar-refractivity contribution in [2.24, 2.45) is 16.6 Å². The highest BCUT2D eigenvalue weighted by Gasteiger charge is 1.98. The predicted octanol–water partition coefficient (Wildman–Crippen LogP) is -0.541. The minimum atomic E-state index is -0.267. The number of aliphatic imine (C=N–C) groups is 1. The number of nitrogens with one attached hydrogen (secondary N) is 2. The van der Waals surface area contributed by atoms with E-state index in [-0.39, 0.29) is 11.9 Å². The molecule has 0 atom stereocenters. The molecule has 0 aromatic rings. The van der Waals surface area contributed by atoms with Crippen LogP contribution in [0.5, 0.6) is 0 Å². The molecule has 6 heteroatoms. The van der Waals surface area contributed by atoms with Crippen molar-refractivity contribution in [1.82, 2.24) is 10.7 Å². The van der Waals surface area contributed by atoms with E-state index >= 15 is 0 Å². The maximum atomic E-state index is 10.4. The van der Waals surface area contributed by atoms with Gasteiger partial charge in [0.15, 0.2) is 0 Å². The summed E-state index contributed by atoms with van der Waals surface area (Å²) in [5.74, 6) is 5.57. The van der Waals surface area contributed by atoms with Crippen molar-refractivity contribution >= 4 is 11.9 Å². The molecule has 0 aliphatic heterocycles. The third kappa shape index (κ3) is 9.01. The quantitative estimate of drug-likeness (QED) is 0.157. The number of hydrogen-bond acceptors (Lipinski definition) is 3. The third-order valence-corrected chi connectivity index (χ3v) is 1.66. The topological polar surface area (TPSA) is 106 Å². The molecule has 88 valence electrons. The van der Waals surface area contributed by atoms with Gasteiger partial charge in [0.2, 0.25) is 11.9 Å². The number of guanidine groups is 1. The smallest absolute Gasteiger partial charge is 0.217 e. The van der Waals surface area contributed by atoms with Crippen molar-refractivity contribution < 1.29 is 4.79 Å². The van der Waals surface area contributed by atoms with E-state index in [2.05, 4.69) is 15.7 Å². The lowest BCUT2D eigenvalue weighted by Gasteiger charge is -2.11. The molecule has 0 unspecified atom stereocenters. The van der Waals surface area contributed by atoms with Gasteiger partial charge in [0.25, 0.3) is 0 Å². The molecule has 0 heterocycles. The van der Waals surface area contributed by atoms with Crippen molar-refractivity contribution in [3.63, 3.8) is 0 Å². The summed E-state index contributed by atoms with van der Waals surface area (Å²) in [5.41, 5.74) is 7.49. The van der Waals surface area contributed by atoms with Gasteiger partial charge in [-0.15, -0.1) is 0 Å². The Bertz CT molecular complexity index is 215. The second-order valence-electron chi connectivity index (χ2n) is 3.60. The number of unbranched alkanes of at least 4 members (excludes halogenated alkanes) is 1. The number of carbonyl (C=O) groups is 1. The molecule has 0 aromatic heterocycles. The molecule has 0 aliphatic rings. The summed E-state index contributed by atoms with van der Waals surface area (Å²) >= 11 is 0. The lowest BCUT2D eigenvalue weighted by molar-refractivity contribution is -0.118. The van der Waals surface area contributed by atoms with Gasteiger partial charge in [-0.1, -0.05) is 0 Å². The zero-order valence-electron chi connectivity index (χ0n) is 9.42.